The fraction of sp³-hybridized carbons (Fsp3) is 0.115. The molecule has 4 aromatic rings. The smallest absolute Gasteiger partial charge is 0.338 e. The van der Waals surface area contributed by atoms with Gasteiger partial charge in [-0.3, -0.25) is 0 Å². The van der Waals surface area contributed by atoms with Crippen LogP contribution < -0.4 is 4.74 Å². The van der Waals surface area contributed by atoms with Crippen LogP contribution >= 0.6 is 23.2 Å². The molecule has 6 nitrogen and oxygen atoms in total. The summed E-state index contributed by atoms with van der Waals surface area (Å²) >= 11 is 12.6. The second-order valence-electron chi connectivity index (χ2n) is 7.54. The van der Waals surface area contributed by atoms with Crippen molar-refractivity contribution < 1.29 is 18.8 Å². The van der Waals surface area contributed by atoms with Crippen molar-refractivity contribution in [1.29, 1.82) is 0 Å². The molecule has 170 valence electrons. The minimum Gasteiger partial charge on any atom is -0.479 e. The first-order valence-corrected chi connectivity index (χ1v) is 11.3. The van der Waals surface area contributed by atoms with Crippen molar-refractivity contribution in [1.82, 2.24) is 10.1 Å². The van der Waals surface area contributed by atoms with Crippen molar-refractivity contribution in [3.05, 3.63) is 99.4 Å². The van der Waals surface area contributed by atoms with Gasteiger partial charge in [-0.15, -0.1) is 0 Å². The average Bonchev–Trinajstić information content (AvgIpc) is 3.34. The molecule has 8 heteroatoms. The Morgan fingerprint density at radius 1 is 1.06 bits per heavy atom. The number of esters is 1. The minimum atomic E-state index is -0.508. The van der Waals surface area contributed by atoms with Gasteiger partial charge in [0.05, 0.1) is 22.8 Å². The van der Waals surface area contributed by atoms with E-state index in [0.29, 0.717) is 50.8 Å². The van der Waals surface area contributed by atoms with Crippen molar-refractivity contribution in [3.8, 4) is 17.1 Å². The van der Waals surface area contributed by atoms with Crippen LogP contribution in [-0.4, -0.2) is 22.7 Å². The number of nitrogens with zero attached hydrogens (tertiary/aromatic N) is 2. The third kappa shape index (κ3) is 4.30. The van der Waals surface area contributed by atoms with E-state index in [9.17, 15) is 4.79 Å². The predicted molar refractivity (Wildman–Crippen MR) is 130 cm³/mol. The maximum atomic E-state index is 11.9. The van der Waals surface area contributed by atoms with Crippen molar-refractivity contribution in [2.24, 2.45) is 0 Å². The molecule has 0 radical (unpaired) electrons. The molecule has 5 rings (SSSR count). The Balaban J connectivity index is 1.53. The van der Waals surface area contributed by atoms with Gasteiger partial charge in [0.25, 0.3) is 5.89 Å². The SMILES string of the molecule is CCOC(=O)c1ccc(-c2noc(C3=Cc4cc(Cl)cc(Cl)c4OC3c3ccccc3)n2)cc1. The highest BCUT2D eigenvalue weighted by Gasteiger charge is 2.31. The highest BCUT2D eigenvalue weighted by Crippen LogP contribution is 2.45. The van der Waals surface area contributed by atoms with Crippen molar-refractivity contribution in [2.45, 2.75) is 13.0 Å². The van der Waals surface area contributed by atoms with Crippen LogP contribution in [0.1, 0.15) is 40.4 Å². The lowest BCUT2D eigenvalue weighted by molar-refractivity contribution is 0.0526. The zero-order valence-corrected chi connectivity index (χ0v) is 19.5. The first kappa shape index (κ1) is 22.2. The summed E-state index contributed by atoms with van der Waals surface area (Å²) in [5.41, 5.74) is 3.46. The number of benzene rings is 3. The Labute approximate surface area is 205 Å². The second-order valence-corrected chi connectivity index (χ2v) is 8.38. The monoisotopic (exact) mass is 492 g/mol. The van der Waals surface area contributed by atoms with Gasteiger partial charge in [0.15, 0.2) is 6.10 Å². The lowest BCUT2D eigenvalue weighted by atomic mass is 9.96. The molecule has 1 aliphatic heterocycles. The summed E-state index contributed by atoms with van der Waals surface area (Å²) in [5.74, 6) is 0.847. The van der Waals surface area contributed by atoms with Gasteiger partial charge in [-0.2, -0.15) is 4.98 Å². The molecule has 0 saturated heterocycles. The fourth-order valence-corrected chi connectivity index (χ4v) is 4.27. The molecule has 0 bridgehead atoms. The Morgan fingerprint density at radius 3 is 2.56 bits per heavy atom. The van der Waals surface area contributed by atoms with E-state index in [-0.39, 0.29) is 5.97 Å². The molecule has 3 aromatic carbocycles. The van der Waals surface area contributed by atoms with E-state index >= 15 is 0 Å². The van der Waals surface area contributed by atoms with Gasteiger partial charge < -0.3 is 14.0 Å². The number of carbonyl (C=O) groups excluding carboxylic acids is 1. The second kappa shape index (κ2) is 9.33. The zero-order valence-electron chi connectivity index (χ0n) is 18.0. The summed E-state index contributed by atoms with van der Waals surface area (Å²) in [6.07, 6.45) is 1.39. The van der Waals surface area contributed by atoms with E-state index in [1.165, 1.54) is 0 Å². The van der Waals surface area contributed by atoms with Crippen molar-refractivity contribution in [2.75, 3.05) is 6.61 Å². The van der Waals surface area contributed by atoms with Gasteiger partial charge in [0.1, 0.15) is 5.75 Å². The van der Waals surface area contributed by atoms with Crippen LogP contribution in [0.4, 0.5) is 0 Å². The third-order valence-electron chi connectivity index (χ3n) is 5.30. The molecule has 0 saturated carbocycles. The van der Waals surface area contributed by atoms with Crippen LogP contribution in [0.3, 0.4) is 0 Å². The molecule has 1 aromatic heterocycles. The van der Waals surface area contributed by atoms with Gasteiger partial charge >= 0.3 is 5.97 Å². The number of fused-ring (bicyclic) bond motifs is 1. The molecule has 0 amide bonds. The summed E-state index contributed by atoms with van der Waals surface area (Å²) in [4.78, 5) is 16.5. The fourth-order valence-electron chi connectivity index (χ4n) is 3.71. The Bertz CT molecular complexity index is 1380. The van der Waals surface area contributed by atoms with Gasteiger partial charge in [-0.25, -0.2) is 4.79 Å². The number of rotatable bonds is 5. The van der Waals surface area contributed by atoms with E-state index < -0.39 is 6.10 Å². The third-order valence-corrected chi connectivity index (χ3v) is 5.79. The highest BCUT2D eigenvalue weighted by molar-refractivity contribution is 6.36. The first-order valence-electron chi connectivity index (χ1n) is 10.6. The Morgan fingerprint density at radius 2 is 1.82 bits per heavy atom. The molecule has 1 unspecified atom stereocenters. The number of ether oxygens (including phenoxy) is 2. The molecule has 34 heavy (non-hydrogen) atoms. The number of carbonyl (C=O) groups is 1. The Hall–Kier alpha value is -3.61. The van der Waals surface area contributed by atoms with E-state index in [0.717, 1.165) is 11.1 Å². The normalized spacial score (nSPS) is 14.7. The predicted octanol–water partition coefficient (Wildman–Crippen LogP) is 6.89. The van der Waals surface area contributed by atoms with Crippen LogP contribution in [0.25, 0.3) is 23.0 Å². The summed E-state index contributed by atoms with van der Waals surface area (Å²) in [5, 5.41) is 5.06. The van der Waals surface area contributed by atoms with E-state index in [2.05, 4.69) is 10.1 Å². The van der Waals surface area contributed by atoms with Crippen molar-refractivity contribution in [3.63, 3.8) is 0 Å². The minimum absolute atomic E-state index is 0.306. The van der Waals surface area contributed by atoms with Gasteiger partial charge in [-0.1, -0.05) is 70.8 Å². The molecule has 0 N–H and O–H groups in total. The molecule has 1 aliphatic rings. The lowest BCUT2D eigenvalue weighted by Gasteiger charge is -2.27. The summed E-state index contributed by atoms with van der Waals surface area (Å²) in [6.45, 7) is 2.08. The lowest BCUT2D eigenvalue weighted by Crippen LogP contribution is -2.14. The summed E-state index contributed by atoms with van der Waals surface area (Å²) < 4.78 is 17.0. The topological polar surface area (TPSA) is 74.5 Å². The molecular formula is C26H18Cl2N2O4. The molecule has 2 heterocycles. The Kier molecular flexibility index (Phi) is 6.09. The number of aromatic nitrogens is 2. The highest BCUT2D eigenvalue weighted by atomic mass is 35.5. The summed E-state index contributed by atoms with van der Waals surface area (Å²) in [7, 11) is 0. The molecular weight excluding hydrogens is 475 g/mol. The van der Waals surface area contributed by atoms with Crippen LogP contribution in [0.2, 0.25) is 10.0 Å². The van der Waals surface area contributed by atoms with Crippen LogP contribution in [0, 0.1) is 0 Å². The number of hydrogen-bond acceptors (Lipinski definition) is 6. The molecule has 0 spiro atoms. The number of halogens is 2. The van der Waals surface area contributed by atoms with E-state index in [1.54, 1.807) is 43.3 Å². The number of hydrogen-bond donors (Lipinski definition) is 0. The van der Waals surface area contributed by atoms with Crippen LogP contribution in [0.15, 0.2) is 71.3 Å². The van der Waals surface area contributed by atoms with E-state index in [4.69, 9.17) is 37.2 Å². The van der Waals surface area contributed by atoms with Crippen molar-refractivity contribution >= 4 is 40.8 Å². The molecule has 0 aliphatic carbocycles. The van der Waals surface area contributed by atoms with E-state index in [1.807, 2.05) is 36.4 Å². The van der Waals surface area contributed by atoms with Gasteiger partial charge in [0.2, 0.25) is 5.82 Å². The summed E-state index contributed by atoms with van der Waals surface area (Å²) in [6, 6.07) is 20.0. The maximum absolute atomic E-state index is 11.9. The van der Waals surface area contributed by atoms with Gasteiger partial charge in [-0.05, 0) is 42.8 Å². The standard InChI is InChI=1S/C26H18Cl2N2O4/c1-2-32-26(31)17-10-8-16(9-11-17)24-29-25(34-30-24)20-13-18-12-19(27)14-21(28)23(18)33-22(20)15-6-4-3-5-7-15/h3-14,22H,2H2,1H3. The average molecular weight is 493 g/mol. The van der Waals surface area contributed by atoms with Crippen LogP contribution in [0.5, 0.6) is 5.75 Å². The first-order chi connectivity index (χ1) is 16.5. The maximum Gasteiger partial charge on any atom is 0.338 e. The molecule has 1 atom stereocenters. The zero-order chi connectivity index (χ0) is 23.7. The quantitative estimate of drug-likeness (QED) is 0.282. The largest absolute Gasteiger partial charge is 0.479 e. The van der Waals surface area contributed by atoms with Gasteiger partial charge in [0, 0.05) is 16.1 Å². The van der Waals surface area contributed by atoms with Crippen LogP contribution in [-0.2, 0) is 4.74 Å². The molecule has 0 fully saturated rings.